The number of benzene rings is 2. The van der Waals surface area contributed by atoms with E-state index in [-0.39, 0.29) is 6.04 Å². The number of hydrogen-bond acceptors (Lipinski definition) is 3. The molecule has 0 aromatic heterocycles. The second kappa shape index (κ2) is 6.72. The molecule has 1 atom stereocenters. The van der Waals surface area contributed by atoms with Crippen molar-refractivity contribution in [2.75, 3.05) is 12.9 Å². The summed E-state index contributed by atoms with van der Waals surface area (Å²) in [4.78, 5) is 0.386. The van der Waals surface area contributed by atoms with Gasteiger partial charge in [0.2, 0.25) is 0 Å². The van der Waals surface area contributed by atoms with Crippen LogP contribution in [0.1, 0.15) is 11.6 Å². The standard InChI is InChI=1S/C15H15F2NOS/c1-19-14-5-3-2-4-11(14)13(18)9-20-15-7-6-10(16)8-12(15)17/h2-8,13H,9,18H2,1H3. The van der Waals surface area contributed by atoms with E-state index in [0.717, 1.165) is 11.6 Å². The Morgan fingerprint density at radius 1 is 1.20 bits per heavy atom. The van der Waals surface area contributed by atoms with Gasteiger partial charge in [-0.3, -0.25) is 0 Å². The SMILES string of the molecule is COc1ccccc1C(N)CSc1ccc(F)cc1F. The molecule has 0 saturated carbocycles. The zero-order valence-corrected chi connectivity index (χ0v) is 11.8. The summed E-state index contributed by atoms with van der Waals surface area (Å²) in [6.07, 6.45) is 0. The maximum absolute atomic E-state index is 13.5. The highest BCUT2D eigenvalue weighted by molar-refractivity contribution is 7.99. The van der Waals surface area contributed by atoms with Crippen LogP contribution in [0.3, 0.4) is 0 Å². The molecule has 2 aromatic carbocycles. The molecule has 106 valence electrons. The Labute approximate surface area is 120 Å². The summed E-state index contributed by atoms with van der Waals surface area (Å²) in [5, 5.41) is 0. The Morgan fingerprint density at radius 3 is 2.65 bits per heavy atom. The zero-order valence-electron chi connectivity index (χ0n) is 11.0. The fraction of sp³-hybridized carbons (Fsp3) is 0.200. The lowest BCUT2D eigenvalue weighted by Crippen LogP contribution is -2.14. The molecule has 2 rings (SSSR count). The van der Waals surface area contributed by atoms with E-state index < -0.39 is 11.6 Å². The third kappa shape index (κ3) is 3.49. The fourth-order valence-corrected chi connectivity index (χ4v) is 2.73. The van der Waals surface area contributed by atoms with Crippen LogP contribution in [0.15, 0.2) is 47.4 Å². The van der Waals surface area contributed by atoms with Crippen molar-refractivity contribution < 1.29 is 13.5 Å². The average molecular weight is 295 g/mol. The molecule has 2 aromatic rings. The minimum Gasteiger partial charge on any atom is -0.496 e. The molecule has 2 N–H and O–H groups in total. The molecule has 0 amide bonds. The topological polar surface area (TPSA) is 35.2 Å². The van der Waals surface area contributed by atoms with Gasteiger partial charge in [-0.25, -0.2) is 8.78 Å². The van der Waals surface area contributed by atoms with Crippen LogP contribution >= 0.6 is 11.8 Å². The summed E-state index contributed by atoms with van der Waals surface area (Å²) in [7, 11) is 1.58. The first kappa shape index (κ1) is 14.8. The van der Waals surface area contributed by atoms with Gasteiger partial charge in [0, 0.05) is 28.3 Å². The Hall–Kier alpha value is -1.59. The lowest BCUT2D eigenvalue weighted by Gasteiger charge is -2.15. The molecule has 0 heterocycles. The molecule has 0 aliphatic carbocycles. The van der Waals surface area contributed by atoms with Crippen molar-refractivity contribution in [3.8, 4) is 5.75 Å². The summed E-state index contributed by atoms with van der Waals surface area (Å²) in [6.45, 7) is 0. The van der Waals surface area contributed by atoms with Crippen LogP contribution in [0.4, 0.5) is 8.78 Å². The predicted molar refractivity (Wildman–Crippen MR) is 77.0 cm³/mol. The Morgan fingerprint density at radius 2 is 1.95 bits per heavy atom. The molecule has 0 radical (unpaired) electrons. The van der Waals surface area contributed by atoms with Gasteiger partial charge in [-0.15, -0.1) is 11.8 Å². The Bertz CT molecular complexity index is 592. The normalized spacial score (nSPS) is 12.2. The van der Waals surface area contributed by atoms with Crippen molar-refractivity contribution >= 4 is 11.8 Å². The van der Waals surface area contributed by atoms with Gasteiger partial charge in [0.15, 0.2) is 0 Å². The monoisotopic (exact) mass is 295 g/mol. The molecule has 20 heavy (non-hydrogen) atoms. The summed E-state index contributed by atoms with van der Waals surface area (Å²) >= 11 is 1.26. The molecular formula is C15H15F2NOS. The number of hydrogen-bond donors (Lipinski definition) is 1. The van der Waals surface area contributed by atoms with Crippen molar-refractivity contribution in [3.63, 3.8) is 0 Å². The number of thioether (sulfide) groups is 1. The lowest BCUT2D eigenvalue weighted by atomic mass is 10.1. The number of nitrogens with two attached hydrogens (primary N) is 1. The van der Waals surface area contributed by atoms with Crippen LogP contribution in [0.2, 0.25) is 0 Å². The molecule has 0 aliphatic heterocycles. The van der Waals surface area contributed by atoms with E-state index >= 15 is 0 Å². The molecule has 0 bridgehead atoms. The summed E-state index contributed by atoms with van der Waals surface area (Å²) in [6, 6.07) is 10.7. The molecule has 1 unspecified atom stereocenters. The van der Waals surface area contributed by atoms with Gasteiger partial charge in [-0.05, 0) is 18.2 Å². The highest BCUT2D eigenvalue weighted by atomic mass is 32.2. The van der Waals surface area contributed by atoms with Crippen LogP contribution < -0.4 is 10.5 Å². The summed E-state index contributed by atoms with van der Waals surface area (Å²) in [5.74, 6) is 0.0337. The summed E-state index contributed by atoms with van der Waals surface area (Å²) in [5.41, 5.74) is 6.97. The molecule has 0 saturated heterocycles. The lowest BCUT2D eigenvalue weighted by molar-refractivity contribution is 0.407. The van der Waals surface area contributed by atoms with E-state index in [9.17, 15) is 8.78 Å². The highest BCUT2D eigenvalue weighted by Crippen LogP contribution is 2.29. The van der Waals surface area contributed by atoms with Gasteiger partial charge >= 0.3 is 0 Å². The predicted octanol–water partition coefficient (Wildman–Crippen LogP) is 3.77. The number of methoxy groups -OCH3 is 1. The van der Waals surface area contributed by atoms with Crippen molar-refractivity contribution in [1.29, 1.82) is 0 Å². The summed E-state index contributed by atoms with van der Waals surface area (Å²) < 4.78 is 31.6. The van der Waals surface area contributed by atoms with E-state index in [1.165, 1.54) is 23.9 Å². The second-order valence-corrected chi connectivity index (χ2v) is 5.30. The van der Waals surface area contributed by atoms with Gasteiger partial charge < -0.3 is 10.5 Å². The fourth-order valence-electron chi connectivity index (χ4n) is 1.83. The van der Waals surface area contributed by atoms with Gasteiger partial charge in [-0.2, -0.15) is 0 Å². The van der Waals surface area contributed by atoms with E-state index in [0.29, 0.717) is 16.4 Å². The Kier molecular flexibility index (Phi) is 4.98. The smallest absolute Gasteiger partial charge is 0.139 e. The molecular weight excluding hydrogens is 280 g/mol. The number of para-hydroxylation sites is 1. The van der Waals surface area contributed by atoms with E-state index in [2.05, 4.69) is 0 Å². The van der Waals surface area contributed by atoms with Crippen molar-refractivity contribution in [3.05, 3.63) is 59.7 Å². The van der Waals surface area contributed by atoms with Crippen LogP contribution in [0, 0.1) is 11.6 Å². The van der Waals surface area contributed by atoms with Gasteiger partial charge in [0.1, 0.15) is 17.4 Å². The molecule has 0 fully saturated rings. The Balaban J connectivity index is 2.06. The zero-order chi connectivity index (χ0) is 14.5. The van der Waals surface area contributed by atoms with Crippen LogP contribution in [0.5, 0.6) is 5.75 Å². The average Bonchev–Trinajstić information content (AvgIpc) is 2.46. The van der Waals surface area contributed by atoms with Crippen molar-refractivity contribution in [2.24, 2.45) is 5.73 Å². The molecule has 5 heteroatoms. The third-order valence-electron chi connectivity index (χ3n) is 2.85. The van der Waals surface area contributed by atoms with Gasteiger partial charge in [-0.1, -0.05) is 18.2 Å². The van der Waals surface area contributed by atoms with Crippen LogP contribution in [-0.2, 0) is 0 Å². The molecule has 0 spiro atoms. The number of halogens is 2. The maximum Gasteiger partial charge on any atom is 0.139 e. The number of rotatable bonds is 5. The van der Waals surface area contributed by atoms with E-state index in [4.69, 9.17) is 10.5 Å². The number of ether oxygens (including phenoxy) is 1. The second-order valence-electron chi connectivity index (χ2n) is 4.23. The van der Waals surface area contributed by atoms with Crippen molar-refractivity contribution in [1.82, 2.24) is 0 Å². The molecule has 2 nitrogen and oxygen atoms in total. The maximum atomic E-state index is 13.5. The van der Waals surface area contributed by atoms with Gasteiger partial charge in [0.05, 0.1) is 7.11 Å². The largest absolute Gasteiger partial charge is 0.496 e. The van der Waals surface area contributed by atoms with E-state index in [1.54, 1.807) is 7.11 Å². The van der Waals surface area contributed by atoms with Crippen molar-refractivity contribution in [2.45, 2.75) is 10.9 Å². The van der Waals surface area contributed by atoms with Gasteiger partial charge in [0.25, 0.3) is 0 Å². The van der Waals surface area contributed by atoms with E-state index in [1.807, 2.05) is 24.3 Å². The third-order valence-corrected chi connectivity index (χ3v) is 4.02. The highest BCUT2D eigenvalue weighted by Gasteiger charge is 2.13. The van der Waals surface area contributed by atoms with Crippen LogP contribution in [0.25, 0.3) is 0 Å². The minimum atomic E-state index is -0.583. The van der Waals surface area contributed by atoms with Crippen LogP contribution in [-0.4, -0.2) is 12.9 Å². The first-order valence-electron chi connectivity index (χ1n) is 6.08. The first-order valence-corrected chi connectivity index (χ1v) is 7.06. The molecule has 0 aliphatic rings. The minimum absolute atomic E-state index is 0.291. The first-order chi connectivity index (χ1) is 9.61. The quantitative estimate of drug-likeness (QED) is 0.853.